The predicted octanol–water partition coefficient (Wildman–Crippen LogP) is 2.74. The summed E-state index contributed by atoms with van der Waals surface area (Å²) in [4.78, 5) is 23.6. The lowest BCUT2D eigenvalue weighted by Gasteiger charge is -2.42. The van der Waals surface area contributed by atoms with E-state index in [4.69, 9.17) is 5.73 Å². The van der Waals surface area contributed by atoms with Crippen LogP contribution in [0.5, 0.6) is 0 Å². The molecule has 0 radical (unpaired) electrons. The van der Waals surface area contributed by atoms with Crippen molar-refractivity contribution in [2.75, 3.05) is 18.4 Å². The lowest BCUT2D eigenvalue weighted by atomic mass is 9.64. The van der Waals surface area contributed by atoms with Crippen LogP contribution < -0.4 is 16.4 Å². The summed E-state index contributed by atoms with van der Waals surface area (Å²) < 4.78 is 0. The van der Waals surface area contributed by atoms with Crippen LogP contribution in [-0.2, 0) is 10.2 Å². The summed E-state index contributed by atoms with van der Waals surface area (Å²) in [5.74, 6) is -0.539. The molecule has 2 aromatic rings. The van der Waals surface area contributed by atoms with Gasteiger partial charge in [-0.1, -0.05) is 42.8 Å². The average molecular weight is 351 g/mol. The lowest BCUT2D eigenvalue weighted by molar-refractivity contribution is -0.119. The molecule has 0 saturated heterocycles. The molecule has 5 nitrogen and oxygen atoms in total. The van der Waals surface area contributed by atoms with Gasteiger partial charge in [0.15, 0.2) is 0 Å². The molecule has 0 bridgehead atoms. The van der Waals surface area contributed by atoms with Crippen LogP contribution in [0.2, 0.25) is 0 Å². The van der Waals surface area contributed by atoms with Crippen LogP contribution in [0, 0.1) is 6.92 Å². The predicted molar refractivity (Wildman–Crippen MR) is 103 cm³/mol. The smallest absolute Gasteiger partial charge is 0.248 e. The molecule has 1 aliphatic carbocycles. The molecule has 2 amide bonds. The van der Waals surface area contributed by atoms with Gasteiger partial charge in [-0.25, -0.2) is 0 Å². The summed E-state index contributed by atoms with van der Waals surface area (Å²) in [6.45, 7) is 2.73. The first-order valence-electron chi connectivity index (χ1n) is 8.97. The molecule has 0 heterocycles. The molecule has 5 heteroatoms. The van der Waals surface area contributed by atoms with Crippen molar-refractivity contribution in [1.82, 2.24) is 5.32 Å². The standard InChI is InChI=1S/C21H25N3O2/c1-15-8-9-16(20(22)26)12-18(15)23-13-19(25)24-14-21(10-5-11-21)17-6-3-2-4-7-17/h2-4,6-9,12,23H,5,10-11,13-14H2,1H3,(H2,22,26)(H,24,25). The third-order valence-corrected chi connectivity index (χ3v) is 5.28. The Morgan fingerprint density at radius 2 is 1.85 bits per heavy atom. The highest BCUT2D eigenvalue weighted by molar-refractivity contribution is 5.94. The molecule has 1 fully saturated rings. The van der Waals surface area contributed by atoms with Crippen LogP contribution in [0.4, 0.5) is 5.69 Å². The van der Waals surface area contributed by atoms with Gasteiger partial charge in [-0.15, -0.1) is 0 Å². The highest BCUT2D eigenvalue weighted by atomic mass is 16.2. The highest BCUT2D eigenvalue weighted by Crippen LogP contribution is 2.43. The van der Waals surface area contributed by atoms with Crippen molar-refractivity contribution >= 4 is 17.5 Å². The third kappa shape index (κ3) is 3.87. The molecule has 4 N–H and O–H groups in total. The number of amides is 2. The fourth-order valence-electron chi connectivity index (χ4n) is 3.43. The van der Waals surface area contributed by atoms with Crippen molar-refractivity contribution in [2.24, 2.45) is 5.73 Å². The van der Waals surface area contributed by atoms with Gasteiger partial charge in [0.25, 0.3) is 0 Å². The molecular weight excluding hydrogens is 326 g/mol. The van der Waals surface area contributed by atoms with Gasteiger partial charge >= 0.3 is 0 Å². The molecule has 0 spiro atoms. The van der Waals surface area contributed by atoms with Crippen LogP contribution in [0.15, 0.2) is 48.5 Å². The number of nitrogens with two attached hydrogens (primary N) is 1. The molecule has 0 aliphatic heterocycles. The van der Waals surface area contributed by atoms with Crippen LogP contribution >= 0.6 is 0 Å². The summed E-state index contributed by atoms with van der Waals surface area (Å²) in [5.41, 5.74) is 8.81. The SMILES string of the molecule is Cc1ccc(C(N)=O)cc1NCC(=O)NCC1(c2ccccc2)CCC1. The van der Waals surface area contributed by atoms with E-state index in [1.54, 1.807) is 12.1 Å². The molecule has 1 aliphatic rings. The topological polar surface area (TPSA) is 84.2 Å². The van der Waals surface area contributed by atoms with Crippen molar-refractivity contribution in [1.29, 1.82) is 0 Å². The Morgan fingerprint density at radius 3 is 2.46 bits per heavy atom. The number of carbonyl (C=O) groups is 2. The summed E-state index contributed by atoms with van der Waals surface area (Å²) in [7, 11) is 0. The zero-order chi connectivity index (χ0) is 18.6. The van der Waals surface area contributed by atoms with Crippen LogP contribution in [0.25, 0.3) is 0 Å². The number of hydrogen-bond acceptors (Lipinski definition) is 3. The van der Waals surface area contributed by atoms with Gasteiger partial charge in [-0.3, -0.25) is 9.59 Å². The van der Waals surface area contributed by atoms with E-state index in [9.17, 15) is 9.59 Å². The van der Waals surface area contributed by atoms with Gasteiger partial charge in [-0.05, 0) is 43.0 Å². The van der Waals surface area contributed by atoms with Gasteiger partial charge < -0.3 is 16.4 Å². The number of aryl methyl sites for hydroxylation is 1. The number of anilines is 1. The first kappa shape index (κ1) is 18.0. The highest BCUT2D eigenvalue weighted by Gasteiger charge is 2.38. The average Bonchev–Trinajstić information content (AvgIpc) is 2.61. The van der Waals surface area contributed by atoms with E-state index >= 15 is 0 Å². The quantitative estimate of drug-likeness (QED) is 0.717. The fourth-order valence-corrected chi connectivity index (χ4v) is 3.43. The largest absolute Gasteiger partial charge is 0.376 e. The monoisotopic (exact) mass is 351 g/mol. The van der Waals surface area contributed by atoms with Crippen molar-refractivity contribution in [3.63, 3.8) is 0 Å². The number of nitrogens with one attached hydrogen (secondary N) is 2. The molecule has 1 saturated carbocycles. The van der Waals surface area contributed by atoms with Gasteiger partial charge in [0.05, 0.1) is 6.54 Å². The number of rotatable bonds is 7. The molecule has 0 unspecified atom stereocenters. The maximum atomic E-state index is 12.3. The molecule has 26 heavy (non-hydrogen) atoms. The first-order valence-corrected chi connectivity index (χ1v) is 8.97. The van der Waals surface area contributed by atoms with Crippen LogP contribution in [0.3, 0.4) is 0 Å². The van der Waals surface area contributed by atoms with Crippen LogP contribution in [-0.4, -0.2) is 24.9 Å². The molecule has 0 aromatic heterocycles. The normalized spacial score (nSPS) is 15.0. The third-order valence-electron chi connectivity index (χ3n) is 5.28. The Balaban J connectivity index is 1.57. The summed E-state index contributed by atoms with van der Waals surface area (Å²) in [6.07, 6.45) is 3.40. The Kier molecular flexibility index (Phi) is 5.26. The summed E-state index contributed by atoms with van der Waals surface area (Å²) in [6, 6.07) is 15.6. The number of primary amides is 1. The zero-order valence-electron chi connectivity index (χ0n) is 15.0. The first-order chi connectivity index (χ1) is 12.5. The van der Waals surface area contributed by atoms with Crippen molar-refractivity contribution in [3.05, 3.63) is 65.2 Å². The van der Waals surface area contributed by atoms with E-state index in [0.29, 0.717) is 12.1 Å². The second-order valence-electron chi connectivity index (χ2n) is 7.02. The molecule has 2 aromatic carbocycles. The van der Waals surface area contributed by atoms with E-state index in [0.717, 1.165) is 24.1 Å². The van der Waals surface area contributed by atoms with Crippen molar-refractivity contribution < 1.29 is 9.59 Å². The number of carbonyl (C=O) groups excluding carboxylic acids is 2. The Hall–Kier alpha value is -2.82. The van der Waals surface area contributed by atoms with E-state index in [1.807, 2.05) is 31.2 Å². The minimum absolute atomic E-state index is 0.0592. The molecule has 0 atom stereocenters. The summed E-state index contributed by atoms with van der Waals surface area (Å²) >= 11 is 0. The van der Waals surface area contributed by atoms with E-state index in [-0.39, 0.29) is 17.9 Å². The Labute approximate surface area is 154 Å². The van der Waals surface area contributed by atoms with Crippen molar-refractivity contribution in [3.8, 4) is 0 Å². The van der Waals surface area contributed by atoms with Crippen molar-refractivity contribution in [2.45, 2.75) is 31.6 Å². The van der Waals surface area contributed by atoms with E-state index in [2.05, 4.69) is 22.8 Å². The number of benzene rings is 2. The maximum absolute atomic E-state index is 12.3. The van der Waals surface area contributed by atoms with Gasteiger partial charge in [0, 0.05) is 23.2 Å². The van der Waals surface area contributed by atoms with Crippen LogP contribution in [0.1, 0.15) is 40.7 Å². The van der Waals surface area contributed by atoms with Gasteiger partial charge in [0.2, 0.25) is 11.8 Å². The van der Waals surface area contributed by atoms with E-state index < -0.39 is 5.91 Å². The Morgan fingerprint density at radius 1 is 1.12 bits per heavy atom. The fraction of sp³-hybridized carbons (Fsp3) is 0.333. The minimum Gasteiger partial charge on any atom is -0.376 e. The number of hydrogen-bond donors (Lipinski definition) is 3. The van der Waals surface area contributed by atoms with Gasteiger partial charge in [-0.2, -0.15) is 0 Å². The molecule has 136 valence electrons. The second kappa shape index (κ2) is 7.60. The summed E-state index contributed by atoms with van der Waals surface area (Å²) in [5, 5.41) is 6.16. The maximum Gasteiger partial charge on any atom is 0.248 e. The molecule has 3 rings (SSSR count). The zero-order valence-corrected chi connectivity index (χ0v) is 15.0. The molecular formula is C21H25N3O2. The lowest BCUT2D eigenvalue weighted by Crippen LogP contribution is -2.46. The second-order valence-corrected chi connectivity index (χ2v) is 7.02. The van der Waals surface area contributed by atoms with E-state index in [1.165, 1.54) is 12.0 Å². The Bertz CT molecular complexity index is 798. The minimum atomic E-state index is -0.479. The van der Waals surface area contributed by atoms with Gasteiger partial charge in [0.1, 0.15) is 0 Å².